The maximum Gasteiger partial charge on any atom is 0.269 e. The van der Waals surface area contributed by atoms with Crippen LogP contribution in [0.25, 0.3) is 0 Å². The van der Waals surface area contributed by atoms with E-state index in [0.717, 1.165) is 25.9 Å². The van der Waals surface area contributed by atoms with Gasteiger partial charge < -0.3 is 15.6 Å². The minimum atomic E-state index is -0.570. The zero-order chi connectivity index (χ0) is 13.5. The molecule has 2 aromatic heterocycles. The maximum atomic E-state index is 10.8. The van der Waals surface area contributed by atoms with Crippen LogP contribution in [0.3, 0.4) is 0 Å². The zero-order valence-electron chi connectivity index (χ0n) is 10.5. The molecule has 0 saturated carbocycles. The minimum Gasteiger partial charge on any atom is -0.369 e. The first-order chi connectivity index (χ1) is 9.25. The highest BCUT2D eigenvalue weighted by atomic mass is 16.1. The second kappa shape index (κ2) is 6.48. The summed E-state index contributed by atoms with van der Waals surface area (Å²) >= 11 is 0. The molecule has 0 aromatic carbocycles. The Morgan fingerprint density at radius 3 is 2.84 bits per heavy atom. The van der Waals surface area contributed by atoms with Gasteiger partial charge in [-0.15, -0.1) is 10.2 Å². The van der Waals surface area contributed by atoms with E-state index in [1.807, 2.05) is 17.1 Å². The number of amides is 1. The molecule has 100 valence electrons. The fourth-order valence-corrected chi connectivity index (χ4v) is 1.61. The van der Waals surface area contributed by atoms with E-state index < -0.39 is 5.91 Å². The molecule has 0 aliphatic rings. The normalized spacial score (nSPS) is 10.3. The van der Waals surface area contributed by atoms with E-state index >= 15 is 0 Å². The highest BCUT2D eigenvalue weighted by Crippen LogP contribution is 2.02. The molecule has 1 amide bonds. The lowest BCUT2D eigenvalue weighted by Crippen LogP contribution is -2.14. The van der Waals surface area contributed by atoms with Crippen LogP contribution in [0, 0.1) is 0 Å². The third kappa shape index (κ3) is 4.06. The van der Waals surface area contributed by atoms with Gasteiger partial charge in [0.1, 0.15) is 5.82 Å². The summed E-state index contributed by atoms with van der Waals surface area (Å²) in [6, 6.07) is 3.26. The van der Waals surface area contributed by atoms with Crippen LogP contribution in [0.4, 0.5) is 5.82 Å². The summed E-state index contributed by atoms with van der Waals surface area (Å²) < 4.78 is 2.04. The van der Waals surface area contributed by atoms with Crippen molar-refractivity contribution >= 4 is 11.7 Å². The molecule has 2 heterocycles. The number of aryl methyl sites for hydroxylation is 1. The van der Waals surface area contributed by atoms with E-state index in [4.69, 9.17) is 5.73 Å². The summed E-state index contributed by atoms with van der Waals surface area (Å²) in [6.45, 7) is 1.76. The molecule has 0 radical (unpaired) electrons. The lowest BCUT2D eigenvalue weighted by atomic mass is 10.3. The monoisotopic (exact) mass is 260 g/mol. The molecule has 0 aliphatic heterocycles. The zero-order valence-corrected chi connectivity index (χ0v) is 10.5. The molecule has 0 unspecified atom stereocenters. The van der Waals surface area contributed by atoms with Crippen molar-refractivity contribution in [2.24, 2.45) is 5.73 Å². The molecule has 0 spiro atoms. The van der Waals surface area contributed by atoms with Gasteiger partial charge in [0.05, 0.1) is 6.33 Å². The average molecular weight is 260 g/mol. The van der Waals surface area contributed by atoms with Crippen LogP contribution >= 0.6 is 0 Å². The van der Waals surface area contributed by atoms with Gasteiger partial charge in [-0.3, -0.25) is 4.79 Å². The third-order valence-corrected chi connectivity index (χ3v) is 2.63. The van der Waals surface area contributed by atoms with Gasteiger partial charge in [-0.1, -0.05) is 0 Å². The summed E-state index contributed by atoms with van der Waals surface area (Å²) in [4.78, 5) is 14.8. The van der Waals surface area contributed by atoms with Gasteiger partial charge in [0.15, 0.2) is 5.69 Å². The second-order valence-corrected chi connectivity index (χ2v) is 4.10. The molecular formula is C12H16N6O. The summed E-state index contributed by atoms with van der Waals surface area (Å²) in [6.07, 6.45) is 7.59. The molecule has 19 heavy (non-hydrogen) atoms. The van der Waals surface area contributed by atoms with E-state index in [0.29, 0.717) is 5.82 Å². The highest BCUT2D eigenvalue weighted by Gasteiger charge is 2.02. The van der Waals surface area contributed by atoms with Crippen LogP contribution < -0.4 is 11.1 Å². The van der Waals surface area contributed by atoms with E-state index in [9.17, 15) is 4.79 Å². The Kier molecular flexibility index (Phi) is 4.44. The van der Waals surface area contributed by atoms with Gasteiger partial charge in [-0.25, -0.2) is 4.98 Å². The first-order valence-corrected chi connectivity index (χ1v) is 6.09. The van der Waals surface area contributed by atoms with Gasteiger partial charge in [0.25, 0.3) is 5.91 Å². The van der Waals surface area contributed by atoms with E-state index in [2.05, 4.69) is 20.5 Å². The molecular weight excluding hydrogens is 244 g/mol. The average Bonchev–Trinajstić information content (AvgIpc) is 2.92. The molecule has 0 bridgehead atoms. The molecule has 7 nitrogen and oxygen atoms in total. The Bertz CT molecular complexity index is 508. The second-order valence-electron chi connectivity index (χ2n) is 4.10. The number of aromatic nitrogens is 4. The molecule has 2 rings (SSSR count). The van der Waals surface area contributed by atoms with Crippen molar-refractivity contribution in [2.75, 3.05) is 11.9 Å². The Labute approximate surface area is 110 Å². The smallest absolute Gasteiger partial charge is 0.269 e. The van der Waals surface area contributed by atoms with Crippen LogP contribution in [0.2, 0.25) is 0 Å². The molecule has 3 N–H and O–H groups in total. The summed E-state index contributed by atoms with van der Waals surface area (Å²) in [5.41, 5.74) is 5.25. The van der Waals surface area contributed by atoms with Crippen LogP contribution in [-0.2, 0) is 6.54 Å². The Hall–Kier alpha value is -2.44. The number of rotatable bonds is 7. The molecule has 0 saturated heterocycles. The SMILES string of the molecule is NC(=O)c1ccc(NCCCCn2ccnc2)nn1. The fourth-order valence-electron chi connectivity index (χ4n) is 1.61. The highest BCUT2D eigenvalue weighted by molar-refractivity contribution is 5.90. The Morgan fingerprint density at radius 1 is 1.32 bits per heavy atom. The fraction of sp³-hybridized carbons (Fsp3) is 0.333. The number of primary amides is 1. The van der Waals surface area contributed by atoms with Crippen molar-refractivity contribution in [3.63, 3.8) is 0 Å². The van der Waals surface area contributed by atoms with Crippen molar-refractivity contribution < 1.29 is 4.79 Å². The molecule has 7 heteroatoms. The number of imidazole rings is 1. The number of carbonyl (C=O) groups is 1. The predicted molar refractivity (Wildman–Crippen MR) is 70.5 cm³/mol. The number of nitrogens with zero attached hydrogens (tertiary/aromatic N) is 4. The number of unbranched alkanes of at least 4 members (excludes halogenated alkanes) is 1. The lowest BCUT2D eigenvalue weighted by Gasteiger charge is -2.05. The quantitative estimate of drug-likeness (QED) is 0.713. The van der Waals surface area contributed by atoms with Crippen LogP contribution in [0.15, 0.2) is 30.9 Å². The third-order valence-electron chi connectivity index (χ3n) is 2.63. The number of nitrogens with two attached hydrogens (primary N) is 1. The number of hydrogen-bond acceptors (Lipinski definition) is 5. The number of anilines is 1. The van der Waals surface area contributed by atoms with Crippen molar-refractivity contribution in [3.05, 3.63) is 36.5 Å². The van der Waals surface area contributed by atoms with Crippen LogP contribution in [0.5, 0.6) is 0 Å². The van der Waals surface area contributed by atoms with Crippen molar-refractivity contribution in [2.45, 2.75) is 19.4 Å². The summed E-state index contributed by atoms with van der Waals surface area (Å²) in [5.74, 6) is 0.0759. The topological polar surface area (TPSA) is 98.7 Å². The van der Waals surface area contributed by atoms with Crippen molar-refractivity contribution in [1.82, 2.24) is 19.7 Å². The first-order valence-electron chi connectivity index (χ1n) is 6.09. The summed E-state index contributed by atoms with van der Waals surface area (Å²) in [5, 5.41) is 10.7. The van der Waals surface area contributed by atoms with E-state index in [-0.39, 0.29) is 5.69 Å². The van der Waals surface area contributed by atoms with Crippen LogP contribution in [0.1, 0.15) is 23.3 Å². The van der Waals surface area contributed by atoms with Crippen molar-refractivity contribution in [3.8, 4) is 0 Å². The maximum absolute atomic E-state index is 10.8. The van der Waals surface area contributed by atoms with Gasteiger partial charge >= 0.3 is 0 Å². The van der Waals surface area contributed by atoms with E-state index in [1.54, 1.807) is 18.3 Å². The van der Waals surface area contributed by atoms with E-state index in [1.165, 1.54) is 0 Å². The Morgan fingerprint density at radius 2 is 2.21 bits per heavy atom. The van der Waals surface area contributed by atoms with Crippen molar-refractivity contribution in [1.29, 1.82) is 0 Å². The molecule has 2 aromatic rings. The van der Waals surface area contributed by atoms with Crippen LogP contribution in [-0.4, -0.2) is 32.2 Å². The minimum absolute atomic E-state index is 0.172. The largest absolute Gasteiger partial charge is 0.369 e. The van der Waals surface area contributed by atoms with Gasteiger partial charge in [0.2, 0.25) is 0 Å². The number of hydrogen-bond donors (Lipinski definition) is 2. The molecule has 0 aliphatic carbocycles. The standard InChI is InChI=1S/C12H16N6O/c13-12(19)10-3-4-11(17-16-10)15-5-1-2-7-18-8-6-14-9-18/h3-4,6,8-9H,1-2,5,7H2,(H2,13,19)(H,15,17). The number of carbonyl (C=O) groups excluding carboxylic acids is 1. The lowest BCUT2D eigenvalue weighted by molar-refractivity contribution is 0.0994. The molecule has 0 fully saturated rings. The molecule has 0 atom stereocenters. The summed E-state index contributed by atoms with van der Waals surface area (Å²) in [7, 11) is 0. The Balaban J connectivity index is 1.66. The predicted octanol–water partition coefficient (Wildman–Crippen LogP) is 0.664. The van der Waals surface area contributed by atoms with Gasteiger partial charge in [-0.2, -0.15) is 0 Å². The number of nitrogens with one attached hydrogen (secondary N) is 1. The van der Waals surface area contributed by atoms with Gasteiger partial charge in [0, 0.05) is 25.5 Å². The first kappa shape index (κ1) is 13.0. The van der Waals surface area contributed by atoms with Gasteiger partial charge in [-0.05, 0) is 25.0 Å².